The third-order valence-electron chi connectivity index (χ3n) is 2.19. The molecule has 0 nitrogen and oxygen atoms in total. The van der Waals surface area contributed by atoms with Gasteiger partial charge >= 0.3 is 0 Å². The molecule has 0 saturated carbocycles. The molecular weight excluding hydrogens is 475 g/mol. The molecule has 0 amide bonds. The summed E-state index contributed by atoms with van der Waals surface area (Å²) in [5, 5.41) is 0. The molecular formula is C11H5Br3Cl2S. The van der Waals surface area contributed by atoms with Crippen molar-refractivity contribution in [2.45, 2.75) is 4.83 Å². The highest BCUT2D eigenvalue weighted by Crippen LogP contribution is 2.43. The maximum absolute atomic E-state index is 6.15. The first kappa shape index (κ1) is 14.4. The first-order chi connectivity index (χ1) is 7.99. The maximum Gasteiger partial charge on any atom is 0.0990 e. The maximum atomic E-state index is 6.15. The first-order valence-corrected chi connectivity index (χ1v) is 8.60. The molecule has 2 rings (SSSR count). The van der Waals surface area contributed by atoms with Crippen molar-refractivity contribution in [1.82, 2.24) is 0 Å². The molecule has 1 atom stereocenters. The van der Waals surface area contributed by atoms with Crippen molar-refractivity contribution >= 4 is 82.3 Å². The fourth-order valence-corrected chi connectivity index (χ4v) is 5.56. The van der Waals surface area contributed by atoms with Gasteiger partial charge in [0.1, 0.15) is 0 Å². The standard InChI is InChI=1S/C11H5Br3Cl2S/c12-5-1-2-6(8(13)3-5)10(14)7-4-9(15)17-11(7)16/h1-4,10H. The molecule has 0 bridgehead atoms. The summed E-state index contributed by atoms with van der Waals surface area (Å²) in [6.45, 7) is 0. The van der Waals surface area contributed by atoms with Gasteiger partial charge in [0.05, 0.1) is 13.5 Å². The lowest BCUT2D eigenvalue weighted by Gasteiger charge is -2.11. The second-order valence-corrected chi connectivity index (χ2v) is 8.28. The van der Waals surface area contributed by atoms with Gasteiger partial charge in [-0.15, -0.1) is 11.3 Å². The van der Waals surface area contributed by atoms with Crippen molar-refractivity contribution in [3.63, 3.8) is 0 Å². The van der Waals surface area contributed by atoms with E-state index in [0.717, 1.165) is 20.1 Å². The SMILES string of the molecule is Clc1cc(C(Br)c2ccc(Br)cc2Br)c(Cl)s1. The molecule has 0 saturated heterocycles. The minimum atomic E-state index is 0.0289. The van der Waals surface area contributed by atoms with E-state index in [9.17, 15) is 0 Å². The minimum Gasteiger partial charge on any atom is -0.111 e. The van der Waals surface area contributed by atoms with Crippen molar-refractivity contribution in [2.24, 2.45) is 0 Å². The van der Waals surface area contributed by atoms with Crippen LogP contribution in [0.3, 0.4) is 0 Å². The smallest absolute Gasteiger partial charge is 0.0990 e. The van der Waals surface area contributed by atoms with Crippen LogP contribution in [-0.4, -0.2) is 0 Å². The van der Waals surface area contributed by atoms with Crippen LogP contribution < -0.4 is 0 Å². The Morgan fingerprint density at radius 3 is 2.29 bits per heavy atom. The van der Waals surface area contributed by atoms with Crippen LogP contribution in [0.4, 0.5) is 0 Å². The number of halogens is 5. The summed E-state index contributed by atoms with van der Waals surface area (Å²) in [7, 11) is 0. The zero-order chi connectivity index (χ0) is 12.6. The van der Waals surface area contributed by atoms with Gasteiger partial charge in [-0.1, -0.05) is 77.1 Å². The Bertz CT molecular complexity index is 554. The minimum absolute atomic E-state index is 0.0289. The topological polar surface area (TPSA) is 0 Å². The summed E-state index contributed by atoms with van der Waals surface area (Å²) in [6, 6.07) is 7.93. The third kappa shape index (κ3) is 3.28. The van der Waals surface area contributed by atoms with Crippen LogP contribution in [-0.2, 0) is 0 Å². The molecule has 0 aliphatic carbocycles. The predicted molar refractivity (Wildman–Crippen MR) is 87.0 cm³/mol. The van der Waals surface area contributed by atoms with E-state index in [1.807, 2.05) is 24.3 Å². The van der Waals surface area contributed by atoms with Crippen molar-refractivity contribution < 1.29 is 0 Å². The van der Waals surface area contributed by atoms with Crippen LogP contribution in [0, 0.1) is 0 Å². The van der Waals surface area contributed by atoms with E-state index in [2.05, 4.69) is 47.8 Å². The van der Waals surface area contributed by atoms with Gasteiger partial charge in [0.15, 0.2) is 0 Å². The largest absolute Gasteiger partial charge is 0.111 e. The van der Waals surface area contributed by atoms with Gasteiger partial charge in [0.2, 0.25) is 0 Å². The van der Waals surface area contributed by atoms with Gasteiger partial charge in [-0.05, 0) is 23.8 Å². The number of hydrogen-bond acceptors (Lipinski definition) is 1. The van der Waals surface area contributed by atoms with Gasteiger partial charge < -0.3 is 0 Å². The molecule has 17 heavy (non-hydrogen) atoms. The molecule has 0 radical (unpaired) electrons. The van der Waals surface area contributed by atoms with Crippen LogP contribution in [0.2, 0.25) is 8.67 Å². The second-order valence-electron chi connectivity index (χ2n) is 3.31. The number of rotatable bonds is 2. The number of thiophene rings is 1. The lowest BCUT2D eigenvalue weighted by atomic mass is 10.1. The summed E-state index contributed by atoms with van der Waals surface area (Å²) in [5.41, 5.74) is 2.11. The zero-order valence-corrected chi connectivity index (χ0v) is 15.3. The zero-order valence-electron chi connectivity index (χ0n) is 8.18. The van der Waals surface area contributed by atoms with E-state index in [-0.39, 0.29) is 4.83 Å². The van der Waals surface area contributed by atoms with Crippen LogP contribution >= 0.6 is 82.3 Å². The average molecular weight is 480 g/mol. The number of alkyl halides is 1. The predicted octanol–water partition coefficient (Wildman–Crippen LogP) is 7.06. The van der Waals surface area contributed by atoms with Crippen LogP contribution in [0.1, 0.15) is 16.0 Å². The van der Waals surface area contributed by atoms with Crippen molar-refractivity contribution in [2.75, 3.05) is 0 Å². The molecule has 0 aliphatic rings. The van der Waals surface area contributed by atoms with E-state index in [1.54, 1.807) is 0 Å². The van der Waals surface area contributed by atoms with Gasteiger partial charge in [-0.3, -0.25) is 0 Å². The Kier molecular flexibility index (Phi) is 5.01. The Morgan fingerprint density at radius 1 is 1.06 bits per heavy atom. The third-order valence-corrected chi connectivity index (χ3v) is 5.88. The fourth-order valence-electron chi connectivity index (χ4n) is 1.40. The van der Waals surface area contributed by atoms with Crippen molar-refractivity contribution in [3.05, 3.63) is 53.0 Å². The second kappa shape index (κ2) is 5.93. The first-order valence-electron chi connectivity index (χ1n) is 4.53. The summed E-state index contributed by atoms with van der Waals surface area (Å²) >= 11 is 24.1. The number of hydrogen-bond donors (Lipinski definition) is 0. The highest BCUT2D eigenvalue weighted by molar-refractivity contribution is 9.11. The Hall–Kier alpha value is 0.940. The summed E-state index contributed by atoms with van der Waals surface area (Å²) in [6.07, 6.45) is 0. The average Bonchev–Trinajstić information content (AvgIpc) is 2.57. The summed E-state index contributed by atoms with van der Waals surface area (Å²) < 4.78 is 3.46. The van der Waals surface area contributed by atoms with Gasteiger partial charge in [0.25, 0.3) is 0 Å². The quantitative estimate of drug-likeness (QED) is 0.404. The van der Waals surface area contributed by atoms with Crippen LogP contribution in [0.25, 0.3) is 0 Å². The Labute approximate surface area is 139 Å². The van der Waals surface area contributed by atoms with E-state index in [1.165, 1.54) is 11.3 Å². The van der Waals surface area contributed by atoms with Gasteiger partial charge in [0, 0.05) is 14.5 Å². The molecule has 1 aromatic heterocycles. The molecule has 2 aromatic rings. The monoisotopic (exact) mass is 476 g/mol. The van der Waals surface area contributed by atoms with Crippen molar-refractivity contribution in [3.8, 4) is 0 Å². The van der Waals surface area contributed by atoms with Crippen LogP contribution in [0.5, 0.6) is 0 Å². The van der Waals surface area contributed by atoms with E-state index < -0.39 is 0 Å². The van der Waals surface area contributed by atoms with Crippen molar-refractivity contribution in [1.29, 1.82) is 0 Å². The normalized spacial score (nSPS) is 12.8. The molecule has 1 aromatic carbocycles. The molecule has 1 unspecified atom stereocenters. The molecule has 0 spiro atoms. The lowest BCUT2D eigenvalue weighted by Crippen LogP contribution is -1.92. The molecule has 6 heteroatoms. The summed E-state index contributed by atoms with van der Waals surface area (Å²) in [4.78, 5) is 0.0289. The Balaban J connectivity index is 2.43. The highest BCUT2D eigenvalue weighted by Gasteiger charge is 2.18. The van der Waals surface area contributed by atoms with E-state index in [0.29, 0.717) is 8.67 Å². The Morgan fingerprint density at radius 2 is 1.76 bits per heavy atom. The van der Waals surface area contributed by atoms with Gasteiger partial charge in [-0.25, -0.2) is 0 Å². The summed E-state index contributed by atoms with van der Waals surface area (Å²) in [5.74, 6) is 0. The molecule has 0 N–H and O–H groups in total. The van der Waals surface area contributed by atoms with E-state index >= 15 is 0 Å². The molecule has 90 valence electrons. The van der Waals surface area contributed by atoms with E-state index in [4.69, 9.17) is 23.2 Å². The fraction of sp³-hybridized carbons (Fsp3) is 0.0909. The number of benzene rings is 1. The van der Waals surface area contributed by atoms with Gasteiger partial charge in [-0.2, -0.15) is 0 Å². The van der Waals surface area contributed by atoms with Crippen LogP contribution in [0.15, 0.2) is 33.2 Å². The molecule has 0 fully saturated rings. The lowest BCUT2D eigenvalue weighted by molar-refractivity contribution is 1.18. The molecule has 0 aliphatic heterocycles. The molecule has 1 heterocycles. The highest BCUT2D eigenvalue weighted by atomic mass is 79.9.